The van der Waals surface area contributed by atoms with Crippen LogP contribution in [-0.2, 0) is 0 Å². The third kappa shape index (κ3) is 3.90. The molecule has 3 rings (SSSR count). The van der Waals surface area contributed by atoms with Crippen molar-refractivity contribution < 1.29 is 9.18 Å². The molecule has 0 aliphatic carbocycles. The highest BCUT2D eigenvalue weighted by atomic mass is 19.1. The molecule has 0 aromatic heterocycles. The zero-order valence-corrected chi connectivity index (χ0v) is 15.1. The van der Waals surface area contributed by atoms with E-state index >= 15 is 0 Å². The maximum atomic E-state index is 13.8. The van der Waals surface area contributed by atoms with Crippen molar-refractivity contribution in [2.45, 2.75) is 19.8 Å². The number of benzene rings is 2. The standard InChI is InChI=1S/C21H25FN2O/c1-15(2)19-8-7-18(22)14-20(19)16-5-4-6-17(13-16)21(25)24-11-9-23(3)10-12-24/h4-8,13-15H,9-12H2,1-3H3. The second-order valence-corrected chi connectivity index (χ2v) is 7.06. The van der Waals surface area contributed by atoms with Crippen LogP contribution in [0.4, 0.5) is 4.39 Å². The zero-order valence-electron chi connectivity index (χ0n) is 15.1. The van der Waals surface area contributed by atoms with Crippen molar-refractivity contribution in [3.05, 3.63) is 59.4 Å². The summed E-state index contributed by atoms with van der Waals surface area (Å²) >= 11 is 0. The number of carbonyl (C=O) groups is 1. The van der Waals surface area contributed by atoms with Crippen molar-refractivity contribution in [3.8, 4) is 11.1 Å². The molecule has 25 heavy (non-hydrogen) atoms. The maximum absolute atomic E-state index is 13.8. The highest BCUT2D eigenvalue weighted by Gasteiger charge is 2.21. The molecule has 4 heteroatoms. The molecule has 1 saturated heterocycles. The lowest BCUT2D eigenvalue weighted by Crippen LogP contribution is -2.47. The van der Waals surface area contributed by atoms with Gasteiger partial charge in [0.1, 0.15) is 5.82 Å². The van der Waals surface area contributed by atoms with E-state index in [4.69, 9.17) is 0 Å². The Hall–Kier alpha value is -2.20. The number of carbonyl (C=O) groups excluding carboxylic acids is 1. The average molecular weight is 340 g/mol. The number of hydrogen-bond donors (Lipinski definition) is 0. The molecule has 0 spiro atoms. The van der Waals surface area contributed by atoms with Gasteiger partial charge < -0.3 is 9.80 Å². The molecular formula is C21H25FN2O. The van der Waals surface area contributed by atoms with Crippen LogP contribution in [-0.4, -0.2) is 48.9 Å². The van der Waals surface area contributed by atoms with Crippen LogP contribution in [0.25, 0.3) is 11.1 Å². The Morgan fingerprint density at radius 2 is 1.76 bits per heavy atom. The number of rotatable bonds is 3. The molecule has 2 aromatic rings. The SMILES string of the molecule is CC(C)c1ccc(F)cc1-c1cccc(C(=O)N2CCN(C)CC2)c1. The van der Waals surface area contributed by atoms with Crippen LogP contribution >= 0.6 is 0 Å². The Labute approximate surface area is 149 Å². The van der Waals surface area contributed by atoms with Gasteiger partial charge in [-0.2, -0.15) is 0 Å². The Morgan fingerprint density at radius 1 is 1.04 bits per heavy atom. The predicted octanol–water partition coefficient (Wildman–Crippen LogP) is 4.00. The lowest BCUT2D eigenvalue weighted by atomic mass is 9.91. The molecule has 3 nitrogen and oxygen atoms in total. The van der Waals surface area contributed by atoms with Crippen LogP contribution < -0.4 is 0 Å². The van der Waals surface area contributed by atoms with Crippen LogP contribution in [0.1, 0.15) is 35.7 Å². The molecule has 1 amide bonds. The Balaban J connectivity index is 1.92. The summed E-state index contributed by atoms with van der Waals surface area (Å²) in [5.41, 5.74) is 3.51. The number of amides is 1. The van der Waals surface area contributed by atoms with Gasteiger partial charge >= 0.3 is 0 Å². The minimum atomic E-state index is -0.254. The number of hydrogen-bond acceptors (Lipinski definition) is 2. The molecule has 0 N–H and O–H groups in total. The van der Waals surface area contributed by atoms with Crippen molar-refractivity contribution in [2.24, 2.45) is 0 Å². The highest BCUT2D eigenvalue weighted by Crippen LogP contribution is 2.30. The van der Waals surface area contributed by atoms with E-state index in [-0.39, 0.29) is 17.6 Å². The van der Waals surface area contributed by atoms with Gasteiger partial charge in [0.05, 0.1) is 0 Å². The van der Waals surface area contributed by atoms with Crippen LogP contribution in [0, 0.1) is 5.82 Å². The molecule has 1 aliphatic heterocycles. The normalized spacial score (nSPS) is 15.6. The fourth-order valence-corrected chi connectivity index (χ4v) is 3.29. The van der Waals surface area contributed by atoms with E-state index in [1.807, 2.05) is 35.2 Å². The largest absolute Gasteiger partial charge is 0.336 e. The first kappa shape index (κ1) is 17.6. The van der Waals surface area contributed by atoms with Crippen molar-refractivity contribution in [1.29, 1.82) is 0 Å². The third-order valence-corrected chi connectivity index (χ3v) is 4.85. The van der Waals surface area contributed by atoms with E-state index in [2.05, 4.69) is 25.8 Å². The fourth-order valence-electron chi connectivity index (χ4n) is 3.29. The number of halogens is 1. The molecule has 0 atom stereocenters. The molecule has 1 fully saturated rings. The molecular weight excluding hydrogens is 315 g/mol. The maximum Gasteiger partial charge on any atom is 0.253 e. The molecule has 0 radical (unpaired) electrons. The van der Waals surface area contributed by atoms with Crippen LogP contribution in [0.15, 0.2) is 42.5 Å². The van der Waals surface area contributed by atoms with Crippen molar-refractivity contribution in [1.82, 2.24) is 9.80 Å². The van der Waals surface area contributed by atoms with E-state index in [0.29, 0.717) is 5.56 Å². The minimum absolute atomic E-state index is 0.0532. The monoisotopic (exact) mass is 340 g/mol. The van der Waals surface area contributed by atoms with E-state index in [9.17, 15) is 9.18 Å². The summed E-state index contributed by atoms with van der Waals surface area (Å²) in [4.78, 5) is 16.9. The van der Waals surface area contributed by atoms with E-state index in [1.54, 1.807) is 6.07 Å². The average Bonchev–Trinajstić information content (AvgIpc) is 2.61. The van der Waals surface area contributed by atoms with Gasteiger partial charge in [-0.25, -0.2) is 4.39 Å². The summed E-state index contributed by atoms with van der Waals surface area (Å²) in [6, 6.07) is 12.5. The first-order valence-electron chi connectivity index (χ1n) is 8.83. The Morgan fingerprint density at radius 3 is 2.44 bits per heavy atom. The highest BCUT2D eigenvalue weighted by molar-refractivity contribution is 5.95. The van der Waals surface area contributed by atoms with E-state index in [0.717, 1.165) is 42.9 Å². The molecule has 1 aliphatic rings. The minimum Gasteiger partial charge on any atom is -0.336 e. The van der Waals surface area contributed by atoms with Crippen molar-refractivity contribution in [3.63, 3.8) is 0 Å². The van der Waals surface area contributed by atoms with E-state index in [1.165, 1.54) is 6.07 Å². The second-order valence-electron chi connectivity index (χ2n) is 7.06. The van der Waals surface area contributed by atoms with Crippen molar-refractivity contribution in [2.75, 3.05) is 33.2 Å². The molecule has 1 heterocycles. The lowest BCUT2D eigenvalue weighted by molar-refractivity contribution is 0.0664. The van der Waals surface area contributed by atoms with Gasteiger partial charge in [-0.05, 0) is 53.9 Å². The van der Waals surface area contributed by atoms with Crippen LogP contribution in [0.3, 0.4) is 0 Å². The third-order valence-electron chi connectivity index (χ3n) is 4.85. The predicted molar refractivity (Wildman–Crippen MR) is 99.3 cm³/mol. The lowest BCUT2D eigenvalue weighted by Gasteiger charge is -2.32. The zero-order chi connectivity index (χ0) is 18.0. The van der Waals surface area contributed by atoms with Gasteiger partial charge in [0.25, 0.3) is 5.91 Å². The van der Waals surface area contributed by atoms with Crippen molar-refractivity contribution >= 4 is 5.91 Å². The summed E-state index contributed by atoms with van der Waals surface area (Å²) in [6.45, 7) is 7.47. The summed E-state index contributed by atoms with van der Waals surface area (Å²) in [5.74, 6) is 0.0836. The smallest absolute Gasteiger partial charge is 0.253 e. The summed E-state index contributed by atoms with van der Waals surface area (Å²) in [7, 11) is 2.07. The quantitative estimate of drug-likeness (QED) is 0.843. The fraction of sp³-hybridized carbons (Fsp3) is 0.381. The van der Waals surface area contributed by atoms with Gasteiger partial charge in [-0.3, -0.25) is 4.79 Å². The van der Waals surface area contributed by atoms with Crippen LogP contribution in [0.5, 0.6) is 0 Å². The summed E-state index contributed by atoms with van der Waals surface area (Å²) < 4.78 is 13.8. The van der Waals surface area contributed by atoms with Crippen LogP contribution in [0.2, 0.25) is 0 Å². The van der Waals surface area contributed by atoms with Gasteiger partial charge in [0.15, 0.2) is 0 Å². The first-order chi connectivity index (χ1) is 12.0. The molecule has 2 aromatic carbocycles. The van der Waals surface area contributed by atoms with Gasteiger partial charge in [0.2, 0.25) is 0 Å². The summed E-state index contributed by atoms with van der Waals surface area (Å²) in [6.07, 6.45) is 0. The second kappa shape index (κ2) is 7.36. The Bertz CT molecular complexity index is 764. The molecule has 132 valence electrons. The van der Waals surface area contributed by atoms with Gasteiger partial charge in [-0.1, -0.05) is 32.0 Å². The topological polar surface area (TPSA) is 23.6 Å². The molecule has 0 saturated carbocycles. The number of nitrogens with zero attached hydrogens (tertiary/aromatic N) is 2. The number of likely N-dealkylation sites (N-methyl/N-ethyl adjacent to an activating group) is 1. The molecule has 0 unspecified atom stereocenters. The summed E-state index contributed by atoms with van der Waals surface area (Å²) in [5, 5.41) is 0. The molecule has 0 bridgehead atoms. The first-order valence-corrected chi connectivity index (χ1v) is 8.83. The van der Waals surface area contributed by atoms with Gasteiger partial charge in [0, 0.05) is 31.7 Å². The Kier molecular flexibility index (Phi) is 5.19. The van der Waals surface area contributed by atoms with Gasteiger partial charge in [-0.15, -0.1) is 0 Å². The number of piperazine rings is 1. The van der Waals surface area contributed by atoms with E-state index < -0.39 is 0 Å².